The minimum absolute atomic E-state index is 0.0110. The molecule has 8 heteroatoms. The molecule has 0 radical (unpaired) electrons. The van der Waals surface area contributed by atoms with Crippen LogP contribution in [-0.2, 0) is 30.2 Å². The number of aryl methyl sites for hydroxylation is 2. The lowest BCUT2D eigenvalue weighted by molar-refractivity contribution is -0.164. The summed E-state index contributed by atoms with van der Waals surface area (Å²) in [5.41, 5.74) is 2.97. The van der Waals surface area contributed by atoms with Crippen molar-refractivity contribution in [3.8, 4) is 5.75 Å². The molecule has 3 rings (SSSR count). The van der Waals surface area contributed by atoms with Crippen LogP contribution in [0.1, 0.15) is 59.6 Å². The summed E-state index contributed by atoms with van der Waals surface area (Å²) >= 11 is 0. The maximum atomic E-state index is 13.1. The molecule has 0 saturated carbocycles. The fraction of sp³-hybridized carbons (Fsp3) is 0.516. The van der Waals surface area contributed by atoms with Gasteiger partial charge in [0.2, 0.25) is 5.91 Å². The number of β-lactam (4-membered cyclic amide) rings is 1. The fourth-order valence-corrected chi connectivity index (χ4v) is 4.57. The van der Waals surface area contributed by atoms with Crippen molar-refractivity contribution in [2.24, 2.45) is 11.8 Å². The van der Waals surface area contributed by atoms with Crippen LogP contribution in [0, 0.1) is 18.8 Å². The van der Waals surface area contributed by atoms with Crippen LogP contribution in [0.5, 0.6) is 5.75 Å². The molecule has 4 unspecified atom stereocenters. The molecule has 216 valence electrons. The summed E-state index contributed by atoms with van der Waals surface area (Å²) in [5.74, 6) is -1.03. The zero-order valence-corrected chi connectivity index (χ0v) is 24.7. The minimum Gasteiger partial charge on any atom is -0.489 e. The Morgan fingerprint density at radius 3 is 2.28 bits per heavy atom. The molecular formula is C31H45NO7. The standard InChI is InChI=1S/C27H33NO7.2C2H6/c1-7-12-32-26(30)24-20(15-34-21-14-19(9-3)11-10-16(21)4)17(5)23-22(25(29)28(23)24)18(6)35-27(31)33-13-8-2;2*1-2/h7-8,10-11,14,17-18,22-23H,1-2,9,12-13,15H2,3-6H3;2*1-2H3. The SMILES string of the molecule is C=CCOC(=O)OC(C)C1C(=O)N2C(C(=O)OCC=C)=C(COc3cc(CC)ccc3C)C(C)C12.CC.CC. The average molecular weight is 544 g/mol. The van der Waals surface area contributed by atoms with Crippen LogP contribution in [0.4, 0.5) is 4.79 Å². The van der Waals surface area contributed by atoms with Crippen molar-refractivity contribution < 1.29 is 33.3 Å². The van der Waals surface area contributed by atoms with Crippen LogP contribution >= 0.6 is 0 Å². The highest BCUT2D eigenvalue weighted by Crippen LogP contribution is 2.48. The number of hydrogen-bond acceptors (Lipinski definition) is 7. The monoisotopic (exact) mass is 543 g/mol. The Balaban J connectivity index is 0.00000181. The van der Waals surface area contributed by atoms with Crippen molar-refractivity contribution in [1.82, 2.24) is 4.90 Å². The molecule has 0 aromatic heterocycles. The third kappa shape index (κ3) is 7.74. The molecule has 1 aromatic rings. The van der Waals surface area contributed by atoms with Crippen LogP contribution in [0.25, 0.3) is 0 Å². The second-order valence-corrected chi connectivity index (χ2v) is 8.69. The van der Waals surface area contributed by atoms with Crippen LogP contribution in [-0.4, -0.2) is 54.9 Å². The highest BCUT2D eigenvalue weighted by Gasteiger charge is 2.61. The normalized spacial score (nSPS) is 19.6. The molecule has 4 atom stereocenters. The summed E-state index contributed by atoms with van der Waals surface area (Å²) in [6.45, 7) is 22.8. The number of hydrogen-bond donors (Lipinski definition) is 0. The topological polar surface area (TPSA) is 91.4 Å². The molecule has 1 aromatic carbocycles. The number of nitrogens with zero attached hydrogens (tertiary/aromatic N) is 1. The van der Waals surface area contributed by atoms with E-state index in [1.54, 1.807) is 6.92 Å². The van der Waals surface area contributed by atoms with E-state index in [1.165, 1.54) is 17.1 Å². The van der Waals surface area contributed by atoms with Gasteiger partial charge in [-0.15, -0.1) is 0 Å². The molecule has 1 saturated heterocycles. The van der Waals surface area contributed by atoms with Gasteiger partial charge < -0.3 is 23.8 Å². The first-order valence-corrected chi connectivity index (χ1v) is 13.8. The van der Waals surface area contributed by atoms with Crippen molar-refractivity contribution >= 4 is 18.0 Å². The van der Waals surface area contributed by atoms with E-state index in [2.05, 4.69) is 20.1 Å². The van der Waals surface area contributed by atoms with Crippen LogP contribution in [0.15, 0.2) is 54.8 Å². The van der Waals surface area contributed by atoms with E-state index >= 15 is 0 Å². The van der Waals surface area contributed by atoms with E-state index < -0.39 is 24.1 Å². The second kappa shape index (κ2) is 16.4. The molecule has 0 aliphatic carbocycles. The Kier molecular flexibility index (Phi) is 14.1. The van der Waals surface area contributed by atoms with Gasteiger partial charge in [0, 0.05) is 11.5 Å². The molecule has 0 N–H and O–H groups in total. The summed E-state index contributed by atoms with van der Waals surface area (Å²) in [4.78, 5) is 39.5. The quantitative estimate of drug-likeness (QED) is 0.187. The predicted molar refractivity (Wildman–Crippen MR) is 152 cm³/mol. The van der Waals surface area contributed by atoms with Crippen molar-refractivity contribution in [2.45, 2.75) is 74.0 Å². The number of amides is 1. The molecule has 2 aliphatic heterocycles. The zero-order chi connectivity index (χ0) is 29.7. The average Bonchev–Trinajstić information content (AvgIpc) is 3.19. The van der Waals surface area contributed by atoms with Crippen LogP contribution in [0.2, 0.25) is 0 Å². The fourth-order valence-electron chi connectivity index (χ4n) is 4.57. The van der Waals surface area contributed by atoms with E-state index in [0.29, 0.717) is 5.57 Å². The van der Waals surface area contributed by atoms with Crippen molar-refractivity contribution in [3.05, 3.63) is 65.9 Å². The summed E-state index contributed by atoms with van der Waals surface area (Å²) in [6.07, 6.45) is 2.15. The minimum atomic E-state index is -0.872. The van der Waals surface area contributed by atoms with Crippen molar-refractivity contribution in [3.63, 3.8) is 0 Å². The first-order valence-electron chi connectivity index (χ1n) is 13.8. The molecule has 8 nitrogen and oxygen atoms in total. The van der Waals surface area contributed by atoms with Gasteiger partial charge in [-0.05, 0) is 37.5 Å². The number of carbonyl (C=O) groups excluding carboxylic acids is 3. The van der Waals surface area contributed by atoms with Gasteiger partial charge in [-0.1, -0.05) is 79.0 Å². The maximum absolute atomic E-state index is 13.1. The van der Waals surface area contributed by atoms with Gasteiger partial charge in [-0.25, -0.2) is 9.59 Å². The lowest BCUT2D eigenvalue weighted by atomic mass is 9.77. The Morgan fingerprint density at radius 1 is 1.08 bits per heavy atom. The molecule has 2 heterocycles. The summed E-state index contributed by atoms with van der Waals surface area (Å²) < 4.78 is 21.6. The molecule has 0 bridgehead atoms. The Hall–Kier alpha value is -3.55. The van der Waals surface area contributed by atoms with Gasteiger partial charge in [0.15, 0.2) is 0 Å². The smallest absolute Gasteiger partial charge is 0.489 e. The lowest BCUT2D eigenvalue weighted by Gasteiger charge is -2.47. The number of fused-ring (bicyclic) bond motifs is 1. The van der Waals surface area contributed by atoms with E-state index in [-0.39, 0.29) is 43.4 Å². The number of carbonyl (C=O) groups is 3. The highest BCUT2D eigenvalue weighted by atomic mass is 16.7. The predicted octanol–water partition coefficient (Wildman–Crippen LogP) is 6.18. The number of benzene rings is 1. The Morgan fingerprint density at radius 2 is 1.69 bits per heavy atom. The van der Waals surface area contributed by atoms with E-state index in [0.717, 1.165) is 23.3 Å². The number of ether oxygens (including phenoxy) is 4. The van der Waals surface area contributed by atoms with Crippen LogP contribution < -0.4 is 4.74 Å². The van der Waals surface area contributed by atoms with Gasteiger partial charge >= 0.3 is 12.1 Å². The van der Waals surface area contributed by atoms with Crippen molar-refractivity contribution in [2.75, 3.05) is 19.8 Å². The van der Waals surface area contributed by atoms with Gasteiger partial charge in [-0.2, -0.15) is 0 Å². The van der Waals surface area contributed by atoms with Crippen LogP contribution in [0.3, 0.4) is 0 Å². The number of rotatable bonds is 11. The third-order valence-corrected chi connectivity index (χ3v) is 6.47. The summed E-state index contributed by atoms with van der Waals surface area (Å²) in [6, 6.07) is 5.67. The van der Waals surface area contributed by atoms with Gasteiger partial charge in [0.05, 0.1) is 12.0 Å². The third-order valence-electron chi connectivity index (χ3n) is 6.47. The van der Waals surface area contributed by atoms with Gasteiger partial charge in [0.1, 0.15) is 37.4 Å². The van der Waals surface area contributed by atoms with E-state index in [4.69, 9.17) is 18.9 Å². The van der Waals surface area contributed by atoms with Crippen molar-refractivity contribution in [1.29, 1.82) is 0 Å². The van der Waals surface area contributed by atoms with Gasteiger partial charge in [-0.3, -0.25) is 4.79 Å². The highest BCUT2D eigenvalue weighted by molar-refractivity contribution is 6.01. The molecule has 2 aliphatic rings. The first kappa shape index (κ1) is 33.5. The molecule has 1 amide bonds. The van der Waals surface area contributed by atoms with E-state index in [9.17, 15) is 14.4 Å². The summed E-state index contributed by atoms with van der Waals surface area (Å²) in [7, 11) is 0. The van der Waals surface area contributed by atoms with E-state index in [1.807, 2.05) is 59.7 Å². The maximum Gasteiger partial charge on any atom is 0.508 e. The first-order chi connectivity index (χ1) is 18.7. The second-order valence-electron chi connectivity index (χ2n) is 8.69. The molecule has 0 spiro atoms. The summed E-state index contributed by atoms with van der Waals surface area (Å²) in [5, 5.41) is 0. The Labute approximate surface area is 233 Å². The largest absolute Gasteiger partial charge is 0.508 e. The lowest BCUT2D eigenvalue weighted by Crippen LogP contribution is -2.64. The molecule has 39 heavy (non-hydrogen) atoms. The molecule has 1 fully saturated rings. The van der Waals surface area contributed by atoms with Gasteiger partial charge in [0.25, 0.3) is 0 Å². The molecular weight excluding hydrogens is 498 g/mol. The number of esters is 1. The Bertz CT molecular complexity index is 1050. The zero-order valence-electron chi connectivity index (χ0n) is 24.7.